The number of hydrogen-bond donors (Lipinski definition) is 1. The molecule has 2 aliphatic heterocycles. The van der Waals surface area contributed by atoms with Crippen LogP contribution >= 0.6 is 0 Å². The van der Waals surface area contributed by atoms with E-state index in [-0.39, 0.29) is 17.6 Å². The zero-order valence-corrected chi connectivity index (χ0v) is 16.2. The number of piperidine rings is 1. The summed E-state index contributed by atoms with van der Waals surface area (Å²) in [5.41, 5.74) is 0.642. The maximum Gasteiger partial charge on any atom is 0.290 e. The molecule has 1 spiro atoms. The number of ether oxygens (including phenoxy) is 2. The van der Waals surface area contributed by atoms with E-state index in [2.05, 4.69) is 5.32 Å². The van der Waals surface area contributed by atoms with Crippen molar-refractivity contribution < 1.29 is 23.5 Å². The van der Waals surface area contributed by atoms with E-state index >= 15 is 0 Å². The minimum Gasteiger partial charge on any atom is -0.459 e. The topological polar surface area (TPSA) is 81.0 Å². The van der Waals surface area contributed by atoms with Crippen molar-refractivity contribution >= 4 is 17.5 Å². The van der Waals surface area contributed by atoms with Crippen molar-refractivity contribution in [3.05, 3.63) is 42.4 Å². The molecule has 7 heteroatoms. The number of carbonyl (C=O) groups is 2. The summed E-state index contributed by atoms with van der Waals surface area (Å²) >= 11 is 0. The van der Waals surface area contributed by atoms with E-state index in [9.17, 15) is 9.59 Å². The van der Waals surface area contributed by atoms with E-state index in [0.717, 1.165) is 44.3 Å². The molecule has 1 N–H and O–H groups in total. The second kappa shape index (κ2) is 7.13. The van der Waals surface area contributed by atoms with Crippen LogP contribution in [0, 0.1) is 0 Å². The van der Waals surface area contributed by atoms with Gasteiger partial charge in [-0.2, -0.15) is 0 Å². The van der Waals surface area contributed by atoms with Crippen LogP contribution in [-0.4, -0.2) is 35.1 Å². The van der Waals surface area contributed by atoms with Gasteiger partial charge in [-0.25, -0.2) is 0 Å². The van der Waals surface area contributed by atoms with Gasteiger partial charge in [-0.1, -0.05) is 0 Å². The Labute approximate surface area is 169 Å². The molecule has 7 nitrogen and oxygen atoms in total. The van der Waals surface area contributed by atoms with Crippen LogP contribution in [0.2, 0.25) is 0 Å². The molecule has 2 aromatic rings. The van der Waals surface area contributed by atoms with Gasteiger partial charge in [0.05, 0.1) is 6.26 Å². The van der Waals surface area contributed by atoms with Crippen molar-refractivity contribution in [2.24, 2.45) is 0 Å². The molecular formula is C22H24N2O5. The van der Waals surface area contributed by atoms with Crippen molar-refractivity contribution in [1.82, 2.24) is 4.90 Å². The van der Waals surface area contributed by atoms with Gasteiger partial charge in [-0.15, -0.1) is 0 Å². The summed E-state index contributed by atoms with van der Waals surface area (Å²) in [6, 6.07) is 8.24. The number of nitrogens with zero attached hydrogens (tertiary/aromatic N) is 1. The molecule has 2 fully saturated rings. The Morgan fingerprint density at radius 2 is 1.86 bits per heavy atom. The van der Waals surface area contributed by atoms with Crippen LogP contribution in [0.4, 0.5) is 5.69 Å². The average Bonchev–Trinajstić information content (AvgIpc) is 3.48. The Bertz CT molecular complexity index is 917. The van der Waals surface area contributed by atoms with Gasteiger partial charge in [0.15, 0.2) is 17.3 Å². The predicted octanol–water partition coefficient (Wildman–Crippen LogP) is 3.95. The van der Waals surface area contributed by atoms with Crippen molar-refractivity contribution in [2.45, 2.75) is 56.8 Å². The summed E-state index contributed by atoms with van der Waals surface area (Å²) in [6.45, 7) is 0.543. The molecule has 2 amide bonds. The first kappa shape index (κ1) is 18.1. The Morgan fingerprint density at radius 1 is 1.03 bits per heavy atom. The Morgan fingerprint density at radius 3 is 2.66 bits per heavy atom. The molecule has 1 atom stereocenters. The lowest BCUT2D eigenvalue weighted by atomic mass is 10.0. The van der Waals surface area contributed by atoms with Crippen molar-refractivity contribution in [3.63, 3.8) is 0 Å². The molecule has 1 saturated carbocycles. The van der Waals surface area contributed by atoms with Gasteiger partial charge in [0.25, 0.3) is 11.7 Å². The third-order valence-electron chi connectivity index (χ3n) is 5.97. The molecule has 3 aliphatic rings. The van der Waals surface area contributed by atoms with E-state index in [1.54, 1.807) is 17.0 Å². The van der Waals surface area contributed by atoms with Gasteiger partial charge >= 0.3 is 0 Å². The second-order valence-electron chi connectivity index (χ2n) is 7.96. The monoisotopic (exact) mass is 396 g/mol. The fraction of sp³-hybridized carbons (Fsp3) is 0.455. The number of rotatable bonds is 3. The number of nitrogens with one attached hydrogen (secondary N) is 1. The fourth-order valence-corrected chi connectivity index (χ4v) is 4.50. The van der Waals surface area contributed by atoms with E-state index in [1.165, 1.54) is 6.26 Å². The predicted molar refractivity (Wildman–Crippen MR) is 105 cm³/mol. The van der Waals surface area contributed by atoms with Gasteiger partial charge in [0.1, 0.15) is 6.04 Å². The lowest BCUT2D eigenvalue weighted by Gasteiger charge is -2.34. The van der Waals surface area contributed by atoms with Crippen LogP contribution in [0.5, 0.6) is 11.5 Å². The van der Waals surface area contributed by atoms with E-state index < -0.39 is 11.8 Å². The summed E-state index contributed by atoms with van der Waals surface area (Å²) in [5, 5.41) is 2.95. The number of likely N-dealkylation sites (tertiary alicyclic amines) is 1. The Kier molecular flexibility index (Phi) is 4.45. The first-order chi connectivity index (χ1) is 14.1. The molecule has 5 rings (SSSR count). The molecular weight excluding hydrogens is 372 g/mol. The number of fused-ring (bicyclic) bond motifs is 1. The lowest BCUT2D eigenvalue weighted by molar-refractivity contribution is -0.121. The highest BCUT2D eigenvalue weighted by atomic mass is 16.7. The molecule has 1 aromatic heterocycles. The summed E-state index contributed by atoms with van der Waals surface area (Å²) in [7, 11) is 0. The first-order valence-corrected chi connectivity index (χ1v) is 10.3. The molecule has 1 saturated heterocycles. The van der Waals surface area contributed by atoms with Crippen LogP contribution in [0.3, 0.4) is 0 Å². The normalized spacial score (nSPS) is 22.1. The van der Waals surface area contributed by atoms with Crippen LogP contribution in [-0.2, 0) is 4.79 Å². The lowest BCUT2D eigenvalue weighted by Crippen LogP contribution is -2.49. The maximum atomic E-state index is 13.0. The number of amides is 2. The highest BCUT2D eigenvalue weighted by molar-refractivity contribution is 6.00. The standard InChI is InChI=1S/C22H24N2O5/c25-20(16-6-1-4-12-24(16)21(26)18-7-5-13-27-18)23-15-8-9-17-19(14-15)29-22(28-17)10-2-3-11-22/h5,7-9,13-14,16H,1-4,6,10-12H2,(H,23,25). The van der Waals surface area contributed by atoms with Crippen molar-refractivity contribution in [1.29, 1.82) is 0 Å². The molecule has 1 aromatic carbocycles. The summed E-state index contributed by atoms with van der Waals surface area (Å²) in [6.07, 6.45) is 7.84. The van der Waals surface area contributed by atoms with Crippen LogP contribution in [0.1, 0.15) is 55.5 Å². The molecule has 0 radical (unpaired) electrons. The zero-order chi connectivity index (χ0) is 19.8. The highest BCUT2D eigenvalue weighted by Gasteiger charge is 2.44. The maximum absolute atomic E-state index is 13.0. The third kappa shape index (κ3) is 3.34. The number of furan rings is 1. The van der Waals surface area contributed by atoms with Gasteiger partial charge in [-0.3, -0.25) is 9.59 Å². The molecule has 0 bridgehead atoms. The average molecular weight is 396 g/mol. The van der Waals surface area contributed by atoms with E-state index in [4.69, 9.17) is 13.9 Å². The zero-order valence-electron chi connectivity index (χ0n) is 16.2. The highest BCUT2D eigenvalue weighted by Crippen LogP contribution is 2.47. The Balaban J connectivity index is 1.30. The Hall–Kier alpha value is -2.96. The number of carbonyl (C=O) groups excluding carboxylic acids is 2. The van der Waals surface area contributed by atoms with Gasteiger partial charge in [-0.05, 0) is 56.4 Å². The first-order valence-electron chi connectivity index (χ1n) is 10.3. The number of anilines is 1. The molecule has 152 valence electrons. The number of hydrogen-bond acceptors (Lipinski definition) is 5. The number of benzene rings is 1. The van der Waals surface area contributed by atoms with Crippen LogP contribution in [0.25, 0.3) is 0 Å². The summed E-state index contributed by atoms with van der Waals surface area (Å²) < 4.78 is 17.3. The quantitative estimate of drug-likeness (QED) is 0.850. The van der Waals surface area contributed by atoms with Gasteiger partial charge < -0.3 is 24.1 Å². The van der Waals surface area contributed by atoms with Crippen molar-refractivity contribution in [3.8, 4) is 11.5 Å². The molecule has 29 heavy (non-hydrogen) atoms. The molecule has 1 aliphatic carbocycles. The third-order valence-corrected chi connectivity index (χ3v) is 5.97. The second-order valence-corrected chi connectivity index (χ2v) is 7.96. The molecule has 3 heterocycles. The molecule has 1 unspecified atom stereocenters. The minimum atomic E-state index is -0.527. The van der Waals surface area contributed by atoms with E-state index in [1.807, 2.05) is 18.2 Å². The van der Waals surface area contributed by atoms with Crippen molar-refractivity contribution in [2.75, 3.05) is 11.9 Å². The van der Waals surface area contributed by atoms with Gasteiger partial charge in [0, 0.05) is 31.1 Å². The van der Waals surface area contributed by atoms with Crippen LogP contribution in [0.15, 0.2) is 41.0 Å². The summed E-state index contributed by atoms with van der Waals surface area (Å²) in [4.78, 5) is 27.3. The fourth-order valence-electron chi connectivity index (χ4n) is 4.50. The van der Waals surface area contributed by atoms with E-state index in [0.29, 0.717) is 24.4 Å². The van der Waals surface area contributed by atoms with Gasteiger partial charge in [0.2, 0.25) is 5.91 Å². The smallest absolute Gasteiger partial charge is 0.290 e. The largest absolute Gasteiger partial charge is 0.459 e. The SMILES string of the molecule is O=C(Nc1ccc2c(c1)OC1(CCCC1)O2)C1CCCCN1C(=O)c1ccco1. The minimum absolute atomic E-state index is 0.195. The summed E-state index contributed by atoms with van der Waals surface area (Å²) in [5.74, 6) is 0.673. The van der Waals surface area contributed by atoms with Crippen LogP contribution < -0.4 is 14.8 Å².